The van der Waals surface area contributed by atoms with Crippen LogP contribution in [0, 0.1) is 35.5 Å². The average Bonchev–Trinajstić information content (AvgIpc) is 2.73. The maximum absolute atomic E-state index is 3.39. The SMILES string of the molecule is CCCCC1CCC2CC(CCNC)C(CC)C(C)C2CC1. The zero-order valence-electron chi connectivity index (χ0n) is 15.7. The summed E-state index contributed by atoms with van der Waals surface area (Å²) in [6, 6.07) is 0. The predicted molar refractivity (Wildman–Crippen MR) is 98.1 cm³/mol. The van der Waals surface area contributed by atoms with Crippen LogP contribution in [0.5, 0.6) is 0 Å². The van der Waals surface area contributed by atoms with Gasteiger partial charge < -0.3 is 5.32 Å². The second-order valence-corrected chi connectivity index (χ2v) is 8.41. The van der Waals surface area contributed by atoms with Crippen LogP contribution in [-0.2, 0) is 0 Å². The molecule has 1 nitrogen and oxygen atoms in total. The minimum absolute atomic E-state index is 0.968. The Morgan fingerprint density at radius 3 is 2.45 bits per heavy atom. The van der Waals surface area contributed by atoms with E-state index in [4.69, 9.17) is 0 Å². The fourth-order valence-electron chi connectivity index (χ4n) is 5.92. The molecule has 0 bridgehead atoms. The molecule has 0 heterocycles. The van der Waals surface area contributed by atoms with Gasteiger partial charge in [-0.1, -0.05) is 59.3 Å². The maximum atomic E-state index is 3.39. The van der Waals surface area contributed by atoms with Crippen molar-refractivity contribution in [3.63, 3.8) is 0 Å². The highest BCUT2D eigenvalue weighted by atomic mass is 14.8. The summed E-state index contributed by atoms with van der Waals surface area (Å²) < 4.78 is 0. The molecule has 2 rings (SSSR count). The maximum Gasteiger partial charge on any atom is -0.00492 e. The van der Waals surface area contributed by atoms with Crippen LogP contribution in [0.2, 0.25) is 0 Å². The Labute approximate surface area is 140 Å². The minimum Gasteiger partial charge on any atom is -0.320 e. The number of fused-ring (bicyclic) bond motifs is 1. The Balaban J connectivity index is 1.98. The van der Waals surface area contributed by atoms with Gasteiger partial charge in [0.2, 0.25) is 0 Å². The Hall–Kier alpha value is -0.0400. The molecule has 6 unspecified atom stereocenters. The lowest BCUT2D eigenvalue weighted by Crippen LogP contribution is -2.39. The van der Waals surface area contributed by atoms with Gasteiger partial charge in [-0.25, -0.2) is 0 Å². The molecule has 2 saturated carbocycles. The van der Waals surface area contributed by atoms with E-state index < -0.39 is 0 Å². The number of unbranched alkanes of at least 4 members (excludes halogenated alkanes) is 1. The van der Waals surface area contributed by atoms with Crippen LogP contribution in [0.25, 0.3) is 0 Å². The molecule has 1 heteroatoms. The van der Waals surface area contributed by atoms with Crippen molar-refractivity contribution in [1.29, 1.82) is 0 Å². The molecular weight excluding hydrogens is 266 g/mol. The monoisotopic (exact) mass is 307 g/mol. The van der Waals surface area contributed by atoms with Gasteiger partial charge in [0.05, 0.1) is 0 Å². The lowest BCUT2D eigenvalue weighted by Gasteiger charge is -2.46. The number of hydrogen-bond acceptors (Lipinski definition) is 1. The van der Waals surface area contributed by atoms with Crippen LogP contribution in [0.15, 0.2) is 0 Å². The number of rotatable bonds is 7. The van der Waals surface area contributed by atoms with Crippen molar-refractivity contribution < 1.29 is 0 Å². The van der Waals surface area contributed by atoms with E-state index >= 15 is 0 Å². The van der Waals surface area contributed by atoms with Gasteiger partial charge in [-0.2, -0.15) is 0 Å². The van der Waals surface area contributed by atoms with Crippen molar-refractivity contribution in [3.05, 3.63) is 0 Å². The first-order valence-corrected chi connectivity index (χ1v) is 10.4. The van der Waals surface area contributed by atoms with E-state index in [2.05, 4.69) is 33.1 Å². The first-order chi connectivity index (χ1) is 10.7. The van der Waals surface area contributed by atoms with Crippen molar-refractivity contribution in [1.82, 2.24) is 5.32 Å². The van der Waals surface area contributed by atoms with Gasteiger partial charge >= 0.3 is 0 Å². The molecule has 0 aliphatic heterocycles. The van der Waals surface area contributed by atoms with Crippen molar-refractivity contribution in [2.45, 2.75) is 85.0 Å². The van der Waals surface area contributed by atoms with Crippen LogP contribution in [-0.4, -0.2) is 13.6 Å². The average molecular weight is 308 g/mol. The highest BCUT2D eigenvalue weighted by Gasteiger charge is 2.42. The van der Waals surface area contributed by atoms with Gasteiger partial charge in [0, 0.05) is 0 Å². The van der Waals surface area contributed by atoms with E-state index in [0.717, 1.165) is 35.5 Å². The fourth-order valence-corrected chi connectivity index (χ4v) is 5.92. The zero-order valence-corrected chi connectivity index (χ0v) is 15.7. The summed E-state index contributed by atoms with van der Waals surface area (Å²) >= 11 is 0. The van der Waals surface area contributed by atoms with Crippen LogP contribution < -0.4 is 5.32 Å². The molecule has 22 heavy (non-hydrogen) atoms. The number of hydrogen-bond donors (Lipinski definition) is 1. The molecule has 0 radical (unpaired) electrons. The Kier molecular flexibility index (Phi) is 7.74. The Morgan fingerprint density at radius 1 is 1.00 bits per heavy atom. The second-order valence-electron chi connectivity index (χ2n) is 8.41. The van der Waals surface area contributed by atoms with Crippen LogP contribution >= 0.6 is 0 Å². The van der Waals surface area contributed by atoms with Crippen molar-refractivity contribution in [3.8, 4) is 0 Å². The number of nitrogens with one attached hydrogen (secondary N) is 1. The van der Waals surface area contributed by atoms with Crippen molar-refractivity contribution >= 4 is 0 Å². The van der Waals surface area contributed by atoms with E-state index in [1.807, 2.05) is 0 Å². The Bertz CT molecular complexity index is 300. The third kappa shape index (κ3) is 4.49. The molecule has 6 atom stereocenters. The molecule has 130 valence electrons. The highest BCUT2D eigenvalue weighted by Crippen LogP contribution is 2.50. The second kappa shape index (κ2) is 9.30. The van der Waals surface area contributed by atoms with E-state index in [1.54, 1.807) is 0 Å². The molecule has 0 saturated heterocycles. The van der Waals surface area contributed by atoms with E-state index in [0.29, 0.717) is 0 Å². The Morgan fingerprint density at radius 2 is 1.77 bits per heavy atom. The topological polar surface area (TPSA) is 12.0 Å². The molecule has 2 aliphatic rings. The molecule has 0 aromatic heterocycles. The lowest BCUT2D eigenvalue weighted by atomic mass is 9.59. The van der Waals surface area contributed by atoms with Crippen molar-refractivity contribution in [2.24, 2.45) is 35.5 Å². The quantitative estimate of drug-likeness (QED) is 0.618. The summed E-state index contributed by atoms with van der Waals surface area (Å²) in [5.74, 6) is 6.08. The first kappa shape index (κ1) is 18.3. The molecule has 0 spiro atoms. The van der Waals surface area contributed by atoms with Gasteiger partial charge in [-0.15, -0.1) is 0 Å². The third-order valence-electron chi connectivity index (χ3n) is 7.22. The van der Waals surface area contributed by atoms with E-state index in [1.165, 1.54) is 70.8 Å². The summed E-state index contributed by atoms with van der Waals surface area (Å²) in [7, 11) is 2.11. The van der Waals surface area contributed by atoms with Crippen LogP contribution in [0.3, 0.4) is 0 Å². The zero-order chi connectivity index (χ0) is 15.9. The third-order valence-corrected chi connectivity index (χ3v) is 7.22. The fraction of sp³-hybridized carbons (Fsp3) is 1.00. The van der Waals surface area contributed by atoms with Crippen LogP contribution in [0.4, 0.5) is 0 Å². The van der Waals surface area contributed by atoms with Crippen molar-refractivity contribution in [2.75, 3.05) is 13.6 Å². The van der Waals surface area contributed by atoms with E-state index in [-0.39, 0.29) is 0 Å². The van der Waals surface area contributed by atoms with Gasteiger partial charge in [0.15, 0.2) is 0 Å². The standard InChI is InChI=1S/C21H41N/c1-5-7-8-17-9-11-18-15-19(13-14-22-4)20(6-2)16(3)21(18)12-10-17/h16-22H,5-15H2,1-4H3. The van der Waals surface area contributed by atoms with Gasteiger partial charge in [-0.3, -0.25) is 0 Å². The molecule has 0 aromatic rings. The normalized spacial score (nSPS) is 39.3. The largest absolute Gasteiger partial charge is 0.320 e. The predicted octanol–water partition coefficient (Wildman–Crippen LogP) is 5.89. The molecule has 0 amide bonds. The summed E-state index contributed by atoms with van der Waals surface area (Å²) in [5.41, 5.74) is 0. The summed E-state index contributed by atoms with van der Waals surface area (Å²) in [6.45, 7) is 8.60. The minimum atomic E-state index is 0.968. The molecular formula is C21H41N. The summed E-state index contributed by atoms with van der Waals surface area (Å²) in [4.78, 5) is 0. The van der Waals surface area contributed by atoms with Gasteiger partial charge in [0.1, 0.15) is 0 Å². The lowest BCUT2D eigenvalue weighted by molar-refractivity contribution is 0.0354. The summed E-state index contributed by atoms with van der Waals surface area (Å²) in [6.07, 6.45) is 14.8. The highest BCUT2D eigenvalue weighted by molar-refractivity contribution is 4.92. The first-order valence-electron chi connectivity index (χ1n) is 10.4. The smallest absolute Gasteiger partial charge is 0.00492 e. The molecule has 2 fully saturated rings. The van der Waals surface area contributed by atoms with Gasteiger partial charge in [-0.05, 0) is 74.8 Å². The molecule has 2 aliphatic carbocycles. The van der Waals surface area contributed by atoms with Gasteiger partial charge in [0.25, 0.3) is 0 Å². The van der Waals surface area contributed by atoms with Crippen LogP contribution in [0.1, 0.15) is 85.0 Å². The molecule has 0 aromatic carbocycles. The molecule has 1 N–H and O–H groups in total. The van der Waals surface area contributed by atoms with E-state index in [9.17, 15) is 0 Å². The summed E-state index contributed by atoms with van der Waals surface area (Å²) in [5, 5.41) is 3.39.